The third-order valence-electron chi connectivity index (χ3n) is 2.88. The summed E-state index contributed by atoms with van der Waals surface area (Å²) in [6.45, 7) is 9.13. The first-order chi connectivity index (χ1) is 8.65. The van der Waals surface area contributed by atoms with Crippen LogP contribution in [-0.2, 0) is 11.2 Å². The number of benzene rings is 1. The van der Waals surface area contributed by atoms with Gasteiger partial charge in [0.25, 0.3) is 0 Å². The van der Waals surface area contributed by atoms with Crippen molar-refractivity contribution >= 4 is 0 Å². The molecule has 1 rings (SSSR count). The maximum absolute atomic E-state index is 13.4. The summed E-state index contributed by atoms with van der Waals surface area (Å²) < 4.78 is 19.0. The van der Waals surface area contributed by atoms with Gasteiger partial charge in [-0.15, -0.1) is 0 Å². The van der Waals surface area contributed by atoms with Gasteiger partial charge in [-0.2, -0.15) is 0 Å². The molecule has 0 heterocycles. The fraction of sp³-hybridized carbons (Fsp3) is 0.600. The summed E-state index contributed by atoms with van der Waals surface area (Å²) in [6, 6.07) is 3.81. The number of nitrogens with one attached hydrogen (secondary N) is 1. The Balaban J connectivity index is 2.23. The van der Waals surface area contributed by atoms with Crippen LogP contribution in [0.4, 0.5) is 4.39 Å². The summed E-state index contributed by atoms with van der Waals surface area (Å²) in [6.07, 6.45) is 1.99. The molecule has 0 aromatic heterocycles. The molecule has 1 aromatic rings. The monoisotopic (exact) mass is 253 g/mol. The summed E-state index contributed by atoms with van der Waals surface area (Å²) in [5.41, 5.74) is 2.58. The van der Waals surface area contributed by atoms with E-state index in [1.54, 1.807) is 13.8 Å². The second-order valence-corrected chi connectivity index (χ2v) is 4.66. The maximum atomic E-state index is 13.4. The maximum Gasteiger partial charge on any atom is 0.129 e. The van der Waals surface area contributed by atoms with Crippen LogP contribution in [0.5, 0.6) is 0 Å². The highest BCUT2D eigenvalue weighted by atomic mass is 19.1. The van der Waals surface area contributed by atoms with Gasteiger partial charge in [0.05, 0.1) is 13.2 Å². The molecule has 1 aromatic carbocycles. The lowest BCUT2D eigenvalue weighted by Crippen LogP contribution is -2.20. The first-order valence-corrected chi connectivity index (χ1v) is 6.69. The Bertz CT molecular complexity index is 343. The molecule has 0 aliphatic heterocycles. The molecule has 0 unspecified atom stereocenters. The fourth-order valence-electron chi connectivity index (χ4n) is 1.92. The van der Waals surface area contributed by atoms with Gasteiger partial charge in [-0.1, -0.05) is 19.1 Å². The molecule has 2 nitrogen and oxygen atoms in total. The van der Waals surface area contributed by atoms with Crippen molar-refractivity contribution in [2.75, 3.05) is 26.3 Å². The minimum absolute atomic E-state index is 0.0940. The van der Waals surface area contributed by atoms with Crippen molar-refractivity contribution in [3.63, 3.8) is 0 Å². The SMILES string of the molecule is CCCNCCOCCc1cc(C)c(F)c(C)c1. The van der Waals surface area contributed by atoms with E-state index in [0.29, 0.717) is 6.61 Å². The molecule has 3 heteroatoms. The first kappa shape index (κ1) is 15.1. The Hall–Kier alpha value is -0.930. The number of aryl methyl sites for hydroxylation is 2. The van der Waals surface area contributed by atoms with Gasteiger partial charge in [0.1, 0.15) is 5.82 Å². The van der Waals surface area contributed by atoms with E-state index in [0.717, 1.165) is 49.2 Å². The Labute approximate surface area is 110 Å². The molecule has 0 bridgehead atoms. The van der Waals surface area contributed by atoms with Gasteiger partial charge in [0.15, 0.2) is 0 Å². The van der Waals surface area contributed by atoms with E-state index in [2.05, 4.69) is 12.2 Å². The fourth-order valence-corrected chi connectivity index (χ4v) is 1.92. The van der Waals surface area contributed by atoms with Crippen LogP contribution in [0.1, 0.15) is 30.0 Å². The molecular formula is C15H24FNO. The van der Waals surface area contributed by atoms with Crippen LogP contribution in [-0.4, -0.2) is 26.3 Å². The molecule has 102 valence electrons. The highest BCUT2D eigenvalue weighted by Crippen LogP contribution is 2.15. The minimum Gasteiger partial charge on any atom is -0.380 e. The topological polar surface area (TPSA) is 21.3 Å². The number of rotatable bonds is 8. The first-order valence-electron chi connectivity index (χ1n) is 6.69. The molecule has 0 atom stereocenters. The van der Waals surface area contributed by atoms with E-state index in [-0.39, 0.29) is 5.82 Å². The minimum atomic E-state index is -0.0940. The predicted octanol–water partition coefficient (Wildman–Crippen LogP) is 3.00. The Kier molecular flexibility index (Phi) is 6.91. The lowest BCUT2D eigenvalue weighted by molar-refractivity contribution is 0.139. The molecule has 0 amide bonds. The van der Waals surface area contributed by atoms with Gasteiger partial charge in [-0.3, -0.25) is 0 Å². The molecule has 0 aliphatic carbocycles. The molecule has 0 fully saturated rings. The zero-order chi connectivity index (χ0) is 13.4. The van der Waals surface area contributed by atoms with Crippen molar-refractivity contribution < 1.29 is 9.13 Å². The standard InChI is InChI=1S/C15H24FNO/c1-4-6-17-7-9-18-8-5-14-10-12(2)15(16)13(3)11-14/h10-11,17H,4-9H2,1-3H3. The number of halogens is 1. The smallest absolute Gasteiger partial charge is 0.129 e. The van der Waals surface area contributed by atoms with E-state index < -0.39 is 0 Å². The van der Waals surface area contributed by atoms with Gasteiger partial charge in [-0.25, -0.2) is 4.39 Å². The molecule has 0 spiro atoms. The summed E-state index contributed by atoms with van der Waals surface area (Å²) in [7, 11) is 0. The quantitative estimate of drug-likeness (QED) is 0.719. The molecule has 18 heavy (non-hydrogen) atoms. The van der Waals surface area contributed by atoms with Crippen molar-refractivity contribution in [3.8, 4) is 0 Å². The van der Waals surface area contributed by atoms with E-state index >= 15 is 0 Å². The van der Waals surface area contributed by atoms with E-state index in [1.807, 2.05) is 12.1 Å². The van der Waals surface area contributed by atoms with Crippen molar-refractivity contribution in [1.29, 1.82) is 0 Å². The number of ether oxygens (including phenoxy) is 1. The predicted molar refractivity (Wildman–Crippen MR) is 73.6 cm³/mol. The van der Waals surface area contributed by atoms with E-state index in [4.69, 9.17) is 4.74 Å². The Morgan fingerprint density at radius 2 is 1.78 bits per heavy atom. The largest absolute Gasteiger partial charge is 0.380 e. The van der Waals surface area contributed by atoms with Crippen molar-refractivity contribution in [1.82, 2.24) is 5.32 Å². The van der Waals surface area contributed by atoms with Crippen LogP contribution >= 0.6 is 0 Å². The van der Waals surface area contributed by atoms with Crippen molar-refractivity contribution in [2.24, 2.45) is 0 Å². The Morgan fingerprint density at radius 3 is 2.39 bits per heavy atom. The van der Waals surface area contributed by atoms with Gasteiger partial charge in [-0.05, 0) is 49.9 Å². The highest BCUT2D eigenvalue weighted by Gasteiger charge is 2.04. The molecule has 0 saturated carbocycles. The highest BCUT2D eigenvalue weighted by molar-refractivity contribution is 5.30. The van der Waals surface area contributed by atoms with Gasteiger partial charge in [0.2, 0.25) is 0 Å². The van der Waals surface area contributed by atoms with Crippen LogP contribution in [0.15, 0.2) is 12.1 Å². The van der Waals surface area contributed by atoms with Crippen LogP contribution < -0.4 is 5.32 Å². The molecular weight excluding hydrogens is 229 g/mol. The van der Waals surface area contributed by atoms with E-state index in [1.165, 1.54) is 0 Å². The molecule has 0 aliphatic rings. The lowest BCUT2D eigenvalue weighted by atomic mass is 10.0. The second kappa shape index (κ2) is 8.22. The average Bonchev–Trinajstić information content (AvgIpc) is 2.34. The van der Waals surface area contributed by atoms with Crippen LogP contribution in [0, 0.1) is 19.7 Å². The van der Waals surface area contributed by atoms with E-state index in [9.17, 15) is 4.39 Å². The van der Waals surface area contributed by atoms with Crippen molar-refractivity contribution in [2.45, 2.75) is 33.6 Å². The van der Waals surface area contributed by atoms with Crippen LogP contribution in [0.25, 0.3) is 0 Å². The third kappa shape index (κ3) is 5.15. The lowest BCUT2D eigenvalue weighted by Gasteiger charge is -2.08. The molecule has 0 radical (unpaired) electrons. The van der Waals surface area contributed by atoms with Crippen LogP contribution in [0.3, 0.4) is 0 Å². The summed E-state index contributed by atoms with van der Waals surface area (Å²) >= 11 is 0. The summed E-state index contributed by atoms with van der Waals surface area (Å²) in [4.78, 5) is 0. The van der Waals surface area contributed by atoms with Gasteiger partial charge < -0.3 is 10.1 Å². The number of hydrogen-bond donors (Lipinski definition) is 1. The van der Waals surface area contributed by atoms with Gasteiger partial charge >= 0.3 is 0 Å². The Morgan fingerprint density at radius 1 is 1.11 bits per heavy atom. The average molecular weight is 253 g/mol. The van der Waals surface area contributed by atoms with Crippen LogP contribution in [0.2, 0.25) is 0 Å². The zero-order valence-corrected chi connectivity index (χ0v) is 11.7. The molecule has 1 N–H and O–H groups in total. The van der Waals surface area contributed by atoms with Crippen molar-refractivity contribution in [3.05, 3.63) is 34.6 Å². The van der Waals surface area contributed by atoms with Gasteiger partial charge in [0, 0.05) is 6.54 Å². The normalized spacial score (nSPS) is 10.9. The zero-order valence-electron chi connectivity index (χ0n) is 11.7. The number of hydrogen-bond acceptors (Lipinski definition) is 2. The summed E-state index contributed by atoms with van der Waals surface area (Å²) in [5.74, 6) is -0.0940. The molecule has 0 saturated heterocycles. The second-order valence-electron chi connectivity index (χ2n) is 4.66. The summed E-state index contributed by atoms with van der Waals surface area (Å²) in [5, 5.41) is 3.28. The third-order valence-corrected chi connectivity index (χ3v) is 2.88.